The summed E-state index contributed by atoms with van der Waals surface area (Å²) in [6.45, 7) is 1.99. The van der Waals surface area contributed by atoms with Crippen molar-refractivity contribution in [3.05, 3.63) is 29.6 Å². The minimum atomic E-state index is 0.754. The molecule has 0 radical (unpaired) electrons. The molecule has 1 rings (SSSR count). The summed E-state index contributed by atoms with van der Waals surface area (Å²) < 4.78 is 0. The smallest absolute Gasteiger partial charge is 0.0834 e. The summed E-state index contributed by atoms with van der Waals surface area (Å²) in [7, 11) is 3.91. The van der Waals surface area contributed by atoms with Crippen molar-refractivity contribution in [2.75, 3.05) is 14.1 Å². The molecule has 0 N–H and O–H groups in total. The molecule has 0 unspecified atom stereocenters. The molecule has 0 fully saturated rings. The molecule has 0 bridgehead atoms. The Balaban J connectivity index is 2.69. The minimum absolute atomic E-state index is 0.754. The number of likely N-dealkylation sites (N-methyl/N-ethyl adjacent to an activating group) is 1. The number of aryl methyl sites for hydroxylation is 1. The van der Waals surface area contributed by atoms with E-state index in [1.165, 1.54) is 0 Å². The standard InChI is InChI=1S/C10H14N2S/c1-8-5-4-6-9(11-8)7-10(13)12(2)3/h4-6H,7H2,1-3H3. The molecule has 3 heteroatoms. The third kappa shape index (κ3) is 3.11. The predicted octanol–water partition coefficient (Wildman–Crippen LogP) is 1.82. The van der Waals surface area contributed by atoms with Gasteiger partial charge in [0.25, 0.3) is 0 Å². The second-order valence-electron chi connectivity index (χ2n) is 3.24. The Bertz CT molecular complexity index is 308. The molecule has 0 saturated heterocycles. The first kappa shape index (κ1) is 10.1. The van der Waals surface area contributed by atoms with E-state index in [9.17, 15) is 0 Å². The van der Waals surface area contributed by atoms with Gasteiger partial charge in [0.05, 0.1) is 4.99 Å². The molecule has 1 aromatic heterocycles. The molecule has 0 amide bonds. The van der Waals surface area contributed by atoms with E-state index in [0.717, 1.165) is 22.8 Å². The second-order valence-corrected chi connectivity index (χ2v) is 3.71. The number of thiocarbonyl (C=S) groups is 1. The van der Waals surface area contributed by atoms with E-state index < -0.39 is 0 Å². The highest BCUT2D eigenvalue weighted by Crippen LogP contribution is 2.01. The van der Waals surface area contributed by atoms with E-state index in [0.29, 0.717) is 0 Å². The zero-order valence-electron chi connectivity index (χ0n) is 8.24. The van der Waals surface area contributed by atoms with Gasteiger partial charge in [0.15, 0.2) is 0 Å². The SMILES string of the molecule is Cc1cccc(CC(=S)N(C)C)n1. The molecule has 1 aromatic rings. The second kappa shape index (κ2) is 4.33. The van der Waals surface area contributed by atoms with Crippen LogP contribution in [0.1, 0.15) is 11.4 Å². The Labute approximate surface area is 84.6 Å². The normalized spacial score (nSPS) is 9.77. The predicted molar refractivity (Wildman–Crippen MR) is 59.0 cm³/mol. The first-order chi connectivity index (χ1) is 6.09. The van der Waals surface area contributed by atoms with Crippen LogP contribution in [0.4, 0.5) is 0 Å². The average molecular weight is 194 g/mol. The molecule has 0 aliphatic heterocycles. The van der Waals surface area contributed by atoms with Crippen molar-refractivity contribution in [2.45, 2.75) is 13.3 Å². The van der Waals surface area contributed by atoms with Crippen molar-refractivity contribution >= 4 is 17.2 Å². The fraction of sp³-hybridized carbons (Fsp3) is 0.400. The van der Waals surface area contributed by atoms with Crippen LogP contribution >= 0.6 is 12.2 Å². The Hall–Kier alpha value is -0.960. The van der Waals surface area contributed by atoms with Gasteiger partial charge in [0.1, 0.15) is 0 Å². The van der Waals surface area contributed by atoms with Crippen molar-refractivity contribution in [1.29, 1.82) is 0 Å². The van der Waals surface area contributed by atoms with E-state index >= 15 is 0 Å². The summed E-state index contributed by atoms with van der Waals surface area (Å²) in [6, 6.07) is 6.00. The lowest BCUT2D eigenvalue weighted by molar-refractivity contribution is 0.623. The third-order valence-electron chi connectivity index (χ3n) is 1.78. The number of aromatic nitrogens is 1. The molecule has 0 aliphatic rings. The quantitative estimate of drug-likeness (QED) is 0.668. The highest BCUT2D eigenvalue weighted by Gasteiger charge is 2.01. The zero-order valence-corrected chi connectivity index (χ0v) is 9.06. The number of rotatable bonds is 2. The topological polar surface area (TPSA) is 16.1 Å². The van der Waals surface area contributed by atoms with Crippen LogP contribution in [-0.2, 0) is 6.42 Å². The Kier molecular flexibility index (Phi) is 3.37. The van der Waals surface area contributed by atoms with Crippen molar-refractivity contribution in [1.82, 2.24) is 9.88 Å². The minimum Gasteiger partial charge on any atom is -0.372 e. The maximum Gasteiger partial charge on any atom is 0.0834 e. The van der Waals surface area contributed by atoms with Crippen LogP contribution in [0.25, 0.3) is 0 Å². The Morgan fingerprint density at radius 1 is 1.46 bits per heavy atom. The van der Waals surface area contributed by atoms with Crippen molar-refractivity contribution < 1.29 is 0 Å². The Morgan fingerprint density at radius 3 is 2.69 bits per heavy atom. The van der Waals surface area contributed by atoms with Crippen molar-refractivity contribution in [3.63, 3.8) is 0 Å². The molecule has 0 aromatic carbocycles. The fourth-order valence-electron chi connectivity index (χ4n) is 1.01. The maximum atomic E-state index is 5.19. The maximum absolute atomic E-state index is 5.19. The van der Waals surface area contributed by atoms with Crippen LogP contribution in [0.3, 0.4) is 0 Å². The van der Waals surface area contributed by atoms with Gasteiger partial charge in [-0.15, -0.1) is 0 Å². The van der Waals surface area contributed by atoms with Gasteiger partial charge in [0.2, 0.25) is 0 Å². The van der Waals surface area contributed by atoms with E-state index in [2.05, 4.69) is 4.98 Å². The van der Waals surface area contributed by atoms with Gasteiger partial charge in [-0.05, 0) is 19.1 Å². The van der Waals surface area contributed by atoms with Gasteiger partial charge >= 0.3 is 0 Å². The monoisotopic (exact) mass is 194 g/mol. The lowest BCUT2D eigenvalue weighted by Crippen LogP contribution is -2.22. The van der Waals surface area contributed by atoms with Gasteiger partial charge in [-0.2, -0.15) is 0 Å². The van der Waals surface area contributed by atoms with E-state index in [1.807, 2.05) is 44.1 Å². The van der Waals surface area contributed by atoms with E-state index in [4.69, 9.17) is 12.2 Å². The van der Waals surface area contributed by atoms with Crippen molar-refractivity contribution in [3.8, 4) is 0 Å². The molecule has 2 nitrogen and oxygen atoms in total. The molecule has 0 atom stereocenters. The number of hydrogen-bond donors (Lipinski definition) is 0. The third-order valence-corrected chi connectivity index (χ3v) is 2.29. The highest BCUT2D eigenvalue weighted by atomic mass is 32.1. The number of nitrogens with zero attached hydrogens (tertiary/aromatic N) is 2. The lowest BCUT2D eigenvalue weighted by Gasteiger charge is -2.12. The summed E-state index contributed by atoms with van der Waals surface area (Å²) in [5.41, 5.74) is 2.08. The first-order valence-corrected chi connectivity index (χ1v) is 4.63. The molecule has 0 saturated carbocycles. The van der Waals surface area contributed by atoms with E-state index in [1.54, 1.807) is 0 Å². The summed E-state index contributed by atoms with van der Waals surface area (Å²) >= 11 is 5.19. The molecular formula is C10H14N2S. The summed E-state index contributed by atoms with van der Waals surface area (Å²) in [5.74, 6) is 0. The number of hydrogen-bond acceptors (Lipinski definition) is 2. The summed E-state index contributed by atoms with van der Waals surface area (Å²) in [6.07, 6.45) is 0.754. The van der Waals surface area contributed by atoms with Gasteiger partial charge in [-0.1, -0.05) is 18.3 Å². The summed E-state index contributed by atoms with van der Waals surface area (Å²) in [5, 5.41) is 0. The largest absolute Gasteiger partial charge is 0.372 e. The molecule has 0 spiro atoms. The van der Waals surface area contributed by atoms with Crippen LogP contribution in [0.15, 0.2) is 18.2 Å². The molecule has 1 heterocycles. The molecular weight excluding hydrogens is 180 g/mol. The van der Waals surface area contributed by atoms with Crippen LogP contribution in [-0.4, -0.2) is 29.0 Å². The molecule has 0 aliphatic carbocycles. The van der Waals surface area contributed by atoms with Crippen molar-refractivity contribution in [2.24, 2.45) is 0 Å². The zero-order chi connectivity index (χ0) is 9.84. The molecule has 13 heavy (non-hydrogen) atoms. The molecule has 70 valence electrons. The fourth-order valence-corrected chi connectivity index (χ4v) is 1.16. The van der Waals surface area contributed by atoms with Gasteiger partial charge in [0, 0.05) is 31.9 Å². The van der Waals surface area contributed by atoms with Gasteiger partial charge in [-0.3, -0.25) is 4.98 Å². The highest BCUT2D eigenvalue weighted by molar-refractivity contribution is 7.80. The van der Waals surface area contributed by atoms with Gasteiger partial charge in [-0.25, -0.2) is 0 Å². The van der Waals surface area contributed by atoms with Crippen LogP contribution < -0.4 is 0 Å². The van der Waals surface area contributed by atoms with Crippen LogP contribution in [0, 0.1) is 6.92 Å². The lowest BCUT2D eigenvalue weighted by atomic mass is 10.2. The van der Waals surface area contributed by atoms with Crippen LogP contribution in [0.2, 0.25) is 0 Å². The first-order valence-electron chi connectivity index (χ1n) is 4.22. The Morgan fingerprint density at radius 2 is 2.15 bits per heavy atom. The van der Waals surface area contributed by atoms with E-state index in [-0.39, 0.29) is 0 Å². The van der Waals surface area contributed by atoms with Crippen LogP contribution in [0.5, 0.6) is 0 Å². The van der Waals surface area contributed by atoms with Gasteiger partial charge < -0.3 is 4.90 Å². The summed E-state index contributed by atoms with van der Waals surface area (Å²) in [4.78, 5) is 7.24. The average Bonchev–Trinajstić information content (AvgIpc) is 2.04. The number of pyridine rings is 1.